The molecule has 1 aliphatic heterocycles. The summed E-state index contributed by atoms with van der Waals surface area (Å²) in [5.74, 6) is -1.25. The van der Waals surface area contributed by atoms with Gasteiger partial charge >= 0.3 is 12.1 Å². The van der Waals surface area contributed by atoms with Crippen molar-refractivity contribution in [2.45, 2.75) is 30.7 Å². The first-order valence-corrected chi connectivity index (χ1v) is 11.1. The van der Waals surface area contributed by atoms with Crippen molar-refractivity contribution >= 4 is 29.7 Å². The maximum atomic E-state index is 12.6. The predicted molar refractivity (Wildman–Crippen MR) is 118 cm³/mol. The third kappa shape index (κ3) is 3.99. The van der Waals surface area contributed by atoms with Gasteiger partial charge in [-0.05, 0) is 36.1 Å². The van der Waals surface area contributed by atoms with Crippen LogP contribution in [0.4, 0.5) is 4.79 Å². The number of carboxylic acids is 1. The molecule has 7 nitrogen and oxygen atoms in total. The second kappa shape index (κ2) is 8.26. The van der Waals surface area contributed by atoms with Crippen LogP contribution in [-0.4, -0.2) is 57.8 Å². The van der Waals surface area contributed by atoms with E-state index in [1.165, 1.54) is 16.7 Å². The van der Waals surface area contributed by atoms with Crippen molar-refractivity contribution in [3.8, 4) is 11.1 Å². The first kappa shape index (κ1) is 21.2. The van der Waals surface area contributed by atoms with Gasteiger partial charge < -0.3 is 20.1 Å². The minimum absolute atomic E-state index is 0.0702. The van der Waals surface area contributed by atoms with Gasteiger partial charge in [0.15, 0.2) is 0 Å². The Morgan fingerprint density at radius 2 is 1.68 bits per heavy atom. The zero-order valence-electron chi connectivity index (χ0n) is 17.3. The highest BCUT2D eigenvalue weighted by atomic mass is 32.2. The smallest absolute Gasteiger partial charge is 0.407 e. The lowest BCUT2D eigenvalue weighted by Gasteiger charge is -2.33. The van der Waals surface area contributed by atoms with Gasteiger partial charge in [0.1, 0.15) is 19.2 Å². The van der Waals surface area contributed by atoms with Crippen LogP contribution in [0, 0.1) is 0 Å². The van der Waals surface area contributed by atoms with Gasteiger partial charge in [0.2, 0.25) is 5.91 Å². The molecule has 1 fully saturated rings. The highest BCUT2D eigenvalue weighted by Crippen LogP contribution is 2.44. The van der Waals surface area contributed by atoms with E-state index in [2.05, 4.69) is 17.4 Å². The van der Waals surface area contributed by atoms with Crippen LogP contribution in [0.25, 0.3) is 11.1 Å². The van der Waals surface area contributed by atoms with Crippen LogP contribution in [0.15, 0.2) is 48.5 Å². The third-order valence-electron chi connectivity index (χ3n) is 5.77. The van der Waals surface area contributed by atoms with Crippen molar-refractivity contribution in [3.63, 3.8) is 0 Å². The molecule has 8 heteroatoms. The number of carbonyl (C=O) groups excluding carboxylic acids is 2. The molecule has 1 unspecified atom stereocenters. The lowest BCUT2D eigenvalue weighted by Crippen LogP contribution is -2.53. The quantitative estimate of drug-likeness (QED) is 0.741. The van der Waals surface area contributed by atoms with Gasteiger partial charge in [-0.1, -0.05) is 48.5 Å². The van der Waals surface area contributed by atoms with Crippen LogP contribution in [-0.2, 0) is 14.3 Å². The molecule has 162 valence electrons. The zero-order valence-corrected chi connectivity index (χ0v) is 18.1. The number of carboxylic acid groups (broad SMARTS) is 1. The molecule has 0 spiro atoms. The molecule has 0 saturated carbocycles. The molecule has 2 aliphatic rings. The highest BCUT2D eigenvalue weighted by Gasteiger charge is 2.46. The number of benzene rings is 2. The Kier molecular flexibility index (Phi) is 5.66. The number of aliphatic carboxylic acids is 1. The Morgan fingerprint density at radius 3 is 2.26 bits per heavy atom. The predicted octanol–water partition coefficient (Wildman–Crippen LogP) is 3.29. The molecule has 4 rings (SSSR count). The molecular formula is C23H24N2O5S. The number of ether oxygens (including phenoxy) is 1. The van der Waals surface area contributed by atoms with E-state index in [1.54, 1.807) is 13.8 Å². The summed E-state index contributed by atoms with van der Waals surface area (Å²) in [7, 11) is 0. The molecule has 0 bridgehead atoms. The molecule has 31 heavy (non-hydrogen) atoms. The average Bonchev–Trinajstić information content (AvgIpc) is 3.24. The van der Waals surface area contributed by atoms with Crippen LogP contribution in [0.3, 0.4) is 0 Å². The molecule has 1 aliphatic carbocycles. The van der Waals surface area contributed by atoms with E-state index >= 15 is 0 Å². The van der Waals surface area contributed by atoms with Gasteiger partial charge in [-0.2, -0.15) is 0 Å². The Bertz CT molecular complexity index is 993. The molecule has 0 aromatic heterocycles. The molecular weight excluding hydrogens is 416 g/mol. The van der Waals surface area contributed by atoms with Crippen molar-refractivity contribution in [3.05, 3.63) is 59.7 Å². The fourth-order valence-electron chi connectivity index (χ4n) is 4.34. The fourth-order valence-corrected chi connectivity index (χ4v) is 5.57. The van der Waals surface area contributed by atoms with Gasteiger partial charge in [0.05, 0.1) is 4.87 Å². The number of hydrogen-bond donors (Lipinski definition) is 2. The number of thioether (sulfide) groups is 1. The van der Waals surface area contributed by atoms with Gasteiger partial charge in [-0.25, -0.2) is 9.59 Å². The first-order valence-electron chi connectivity index (χ1n) is 10.1. The molecule has 1 atom stereocenters. The third-order valence-corrected chi connectivity index (χ3v) is 7.15. The maximum Gasteiger partial charge on any atom is 0.407 e. The van der Waals surface area contributed by atoms with Crippen LogP contribution >= 0.6 is 11.8 Å². The average molecular weight is 441 g/mol. The molecule has 2 N–H and O–H groups in total. The number of amides is 2. The molecule has 2 amide bonds. The summed E-state index contributed by atoms with van der Waals surface area (Å²) in [4.78, 5) is 37.1. The summed E-state index contributed by atoms with van der Waals surface area (Å²) in [5.41, 5.74) is 4.48. The number of fused-ring (bicyclic) bond motifs is 3. The van der Waals surface area contributed by atoms with E-state index in [0.29, 0.717) is 5.75 Å². The topological polar surface area (TPSA) is 95.9 Å². The SMILES string of the molecule is CC1(C)SCC(C(=O)O)N1C(=O)CNC(=O)OCC1c2ccccc2-c2ccccc21. The van der Waals surface area contributed by atoms with Gasteiger partial charge in [0, 0.05) is 11.7 Å². The van der Waals surface area contributed by atoms with Crippen molar-refractivity contribution in [2.75, 3.05) is 18.9 Å². The standard InChI is InChI=1S/C23H24N2O5S/c1-23(2)25(19(13-31-23)21(27)28)20(26)11-24-22(29)30-12-18-16-9-5-3-7-14(16)15-8-4-6-10-17(15)18/h3-10,18-19H,11-13H2,1-2H3,(H,24,29)(H,27,28). The van der Waals surface area contributed by atoms with Crippen molar-refractivity contribution in [1.29, 1.82) is 0 Å². The fraction of sp³-hybridized carbons (Fsp3) is 0.348. The zero-order chi connectivity index (χ0) is 22.2. The van der Waals surface area contributed by atoms with Crippen LogP contribution in [0.1, 0.15) is 30.9 Å². The van der Waals surface area contributed by atoms with E-state index < -0.39 is 28.9 Å². The Hall–Kier alpha value is -3.00. The molecule has 2 aromatic carbocycles. The summed E-state index contributed by atoms with van der Waals surface area (Å²) in [6, 6.07) is 15.2. The van der Waals surface area contributed by atoms with E-state index in [9.17, 15) is 19.5 Å². The monoisotopic (exact) mass is 440 g/mol. The summed E-state index contributed by atoms with van der Waals surface area (Å²) >= 11 is 1.40. The number of nitrogens with zero attached hydrogens (tertiary/aromatic N) is 1. The number of alkyl carbamates (subject to hydrolysis) is 1. The van der Waals surface area contributed by atoms with Crippen LogP contribution < -0.4 is 5.32 Å². The van der Waals surface area contributed by atoms with Crippen molar-refractivity contribution < 1.29 is 24.2 Å². The Morgan fingerprint density at radius 1 is 1.10 bits per heavy atom. The molecule has 2 aromatic rings. The normalized spacial score (nSPS) is 18.9. The Labute approximate surface area is 184 Å². The molecule has 1 saturated heterocycles. The number of hydrogen-bond acceptors (Lipinski definition) is 5. The lowest BCUT2D eigenvalue weighted by molar-refractivity contribution is -0.150. The van der Waals surface area contributed by atoms with Crippen LogP contribution in [0.2, 0.25) is 0 Å². The number of carbonyl (C=O) groups is 3. The van der Waals surface area contributed by atoms with Gasteiger partial charge in [-0.15, -0.1) is 11.8 Å². The van der Waals surface area contributed by atoms with Crippen molar-refractivity contribution in [2.24, 2.45) is 0 Å². The summed E-state index contributed by atoms with van der Waals surface area (Å²) in [5, 5.41) is 11.9. The molecule has 0 radical (unpaired) electrons. The second-order valence-electron chi connectivity index (χ2n) is 8.05. The lowest BCUT2D eigenvalue weighted by atomic mass is 9.98. The van der Waals surface area contributed by atoms with Gasteiger partial charge in [-0.3, -0.25) is 4.79 Å². The number of nitrogens with one attached hydrogen (secondary N) is 1. The van der Waals surface area contributed by atoms with Crippen LogP contribution in [0.5, 0.6) is 0 Å². The maximum absolute atomic E-state index is 12.6. The minimum atomic E-state index is -1.05. The largest absolute Gasteiger partial charge is 0.480 e. The Balaban J connectivity index is 1.37. The molecule has 1 heterocycles. The summed E-state index contributed by atoms with van der Waals surface area (Å²) in [6.45, 7) is 3.43. The van der Waals surface area contributed by atoms with E-state index in [4.69, 9.17) is 4.74 Å². The first-order chi connectivity index (χ1) is 14.8. The number of rotatable bonds is 5. The summed E-state index contributed by atoms with van der Waals surface area (Å²) in [6.07, 6.45) is -0.702. The van der Waals surface area contributed by atoms with E-state index in [-0.39, 0.29) is 19.1 Å². The summed E-state index contributed by atoms with van der Waals surface area (Å²) < 4.78 is 5.44. The highest BCUT2D eigenvalue weighted by molar-refractivity contribution is 8.00. The van der Waals surface area contributed by atoms with Gasteiger partial charge in [0.25, 0.3) is 0 Å². The van der Waals surface area contributed by atoms with E-state index in [1.807, 2.05) is 36.4 Å². The van der Waals surface area contributed by atoms with Crippen molar-refractivity contribution in [1.82, 2.24) is 10.2 Å². The van der Waals surface area contributed by atoms with E-state index in [0.717, 1.165) is 22.3 Å². The second-order valence-corrected chi connectivity index (χ2v) is 9.68. The minimum Gasteiger partial charge on any atom is -0.480 e.